The fourth-order valence-corrected chi connectivity index (χ4v) is 4.08. The molecule has 142 valence electrons. The SMILES string of the molecule is CCC1N=C(NC2=CCCCC2)N(C(=S)Nc2cccc(C#N)c2)C1CC. The van der Waals surface area contributed by atoms with E-state index >= 15 is 0 Å². The molecule has 1 aromatic rings. The van der Waals surface area contributed by atoms with Gasteiger partial charge in [0.25, 0.3) is 0 Å². The van der Waals surface area contributed by atoms with Crippen LogP contribution in [0.25, 0.3) is 0 Å². The molecule has 0 saturated heterocycles. The van der Waals surface area contributed by atoms with Crippen molar-refractivity contribution in [2.45, 2.75) is 64.5 Å². The molecular weight excluding hydrogens is 354 g/mol. The standard InChI is InChI=1S/C21H27N5S/c1-3-18-19(4-2)26(20(25-18)23-16-10-6-5-7-11-16)21(27)24-17-12-8-9-15(13-17)14-22/h8-10,12-13,18-19H,3-7,11H2,1-2H3,(H,23,25)(H,24,27). The molecule has 2 N–H and O–H groups in total. The highest BCUT2D eigenvalue weighted by atomic mass is 32.1. The number of allylic oxidation sites excluding steroid dienone is 2. The van der Waals surface area contributed by atoms with Crippen LogP contribution in [-0.4, -0.2) is 28.1 Å². The van der Waals surface area contributed by atoms with Crippen molar-refractivity contribution in [3.8, 4) is 6.07 Å². The van der Waals surface area contributed by atoms with Crippen molar-refractivity contribution in [3.63, 3.8) is 0 Å². The molecule has 27 heavy (non-hydrogen) atoms. The molecule has 1 aliphatic heterocycles. The van der Waals surface area contributed by atoms with E-state index in [1.165, 1.54) is 18.5 Å². The molecule has 1 heterocycles. The Labute approximate surface area is 167 Å². The van der Waals surface area contributed by atoms with Gasteiger partial charge in [0, 0.05) is 11.4 Å². The van der Waals surface area contributed by atoms with E-state index in [9.17, 15) is 0 Å². The van der Waals surface area contributed by atoms with Gasteiger partial charge >= 0.3 is 0 Å². The van der Waals surface area contributed by atoms with Crippen molar-refractivity contribution in [2.24, 2.45) is 4.99 Å². The first kappa shape index (κ1) is 19.4. The zero-order chi connectivity index (χ0) is 19.2. The summed E-state index contributed by atoms with van der Waals surface area (Å²) in [6.07, 6.45) is 8.86. The smallest absolute Gasteiger partial charge is 0.205 e. The Morgan fingerprint density at radius 3 is 2.85 bits per heavy atom. The number of hydrogen-bond acceptors (Lipinski definition) is 4. The zero-order valence-corrected chi connectivity index (χ0v) is 16.9. The molecule has 1 aliphatic carbocycles. The monoisotopic (exact) mass is 381 g/mol. The van der Waals surface area contributed by atoms with E-state index in [2.05, 4.69) is 41.5 Å². The molecule has 0 spiro atoms. The highest BCUT2D eigenvalue weighted by molar-refractivity contribution is 7.80. The van der Waals surface area contributed by atoms with Gasteiger partial charge in [-0.1, -0.05) is 26.0 Å². The molecule has 2 unspecified atom stereocenters. The van der Waals surface area contributed by atoms with Crippen molar-refractivity contribution in [2.75, 3.05) is 5.32 Å². The van der Waals surface area contributed by atoms with Gasteiger partial charge in [-0.25, -0.2) is 4.99 Å². The predicted octanol–water partition coefficient (Wildman–Crippen LogP) is 4.53. The zero-order valence-electron chi connectivity index (χ0n) is 16.0. The Bertz CT molecular complexity index is 792. The summed E-state index contributed by atoms with van der Waals surface area (Å²) in [5.74, 6) is 0.843. The van der Waals surface area contributed by atoms with E-state index in [1.54, 1.807) is 6.07 Å². The van der Waals surface area contributed by atoms with Crippen molar-refractivity contribution in [1.29, 1.82) is 5.26 Å². The number of nitriles is 1. The van der Waals surface area contributed by atoms with Gasteiger partial charge in [0.05, 0.1) is 23.7 Å². The average molecular weight is 382 g/mol. The summed E-state index contributed by atoms with van der Waals surface area (Å²) >= 11 is 5.76. The molecule has 0 bridgehead atoms. The predicted molar refractivity (Wildman–Crippen MR) is 114 cm³/mol. The third kappa shape index (κ3) is 4.48. The van der Waals surface area contributed by atoms with Crippen LogP contribution in [-0.2, 0) is 0 Å². The van der Waals surface area contributed by atoms with Crippen LogP contribution in [0.2, 0.25) is 0 Å². The minimum absolute atomic E-state index is 0.229. The maximum atomic E-state index is 9.12. The summed E-state index contributed by atoms with van der Waals surface area (Å²) in [4.78, 5) is 7.06. The first-order valence-electron chi connectivity index (χ1n) is 9.80. The second kappa shape index (κ2) is 9.01. The van der Waals surface area contributed by atoms with Gasteiger partial charge in [0.1, 0.15) is 0 Å². The highest BCUT2D eigenvalue weighted by Crippen LogP contribution is 2.25. The lowest BCUT2D eigenvalue weighted by molar-refractivity contribution is 0.386. The molecular formula is C21H27N5S. The molecule has 1 aromatic carbocycles. The Balaban J connectivity index is 1.81. The van der Waals surface area contributed by atoms with Crippen LogP contribution in [0.3, 0.4) is 0 Å². The number of benzene rings is 1. The maximum Gasteiger partial charge on any atom is 0.205 e. The minimum atomic E-state index is 0.229. The summed E-state index contributed by atoms with van der Waals surface area (Å²) in [5.41, 5.74) is 2.68. The van der Waals surface area contributed by atoms with Gasteiger partial charge in [0.15, 0.2) is 5.11 Å². The van der Waals surface area contributed by atoms with E-state index < -0.39 is 0 Å². The van der Waals surface area contributed by atoms with Gasteiger partial charge in [-0.3, -0.25) is 4.90 Å². The second-order valence-corrected chi connectivity index (χ2v) is 7.38. The molecule has 0 amide bonds. The van der Waals surface area contributed by atoms with Crippen LogP contribution in [0.1, 0.15) is 57.9 Å². The van der Waals surface area contributed by atoms with Crippen LogP contribution >= 0.6 is 12.2 Å². The van der Waals surface area contributed by atoms with Crippen LogP contribution in [0, 0.1) is 11.3 Å². The van der Waals surface area contributed by atoms with Gasteiger partial charge in [-0.15, -0.1) is 0 Å². The number of thiocarbonyl (C=S) groups is 1. The summed E-state index contributed by atoms with van der Waals surface area (Å²) in [5, 5.41) is 16.6. The molecule has 0 radical (unpaired) electrons. The Morgan fingerprint density at radius 1 is 1.33 bits per heavy atom. The van der Waals surface area contributed by atoms with E-state index in [0.717, 1.165) is 37.3 Å². The van der Waals surface area contributed by atoms with Gasteiger partial charge in [0.2, 0.25) is 5.96 Å². The fourth-order valence-electron chi connectivity index (χ4n) is 3.74. The van der Waals surface area contributed by atoms with Gasteiger partial charge in [-0.05, 0) is 68.9 Å². The summed E-state index contributed by atoms with van der Waals surface area (Å²) < 4.78 is 0. The summed E-state index contributed by atoms with van der Waals surface area (Å²) in [6.45, 7) is 4.35. The molecule has 0 fully saturated rings. The fraction of sp³-hybridized carbons (Fsp3) is 0.476. The Kier molecular flexibility index (Phi) is 6.46. The number of aliphatic imine (C=N–C) groups is 1. The van der Waals surface area contributed by atoms with Crippen LogP contribution in [0.4, 0.5) is 5.69 Å². The van der Waals surface area contributed by atoms with Crippen LogP contribution < -0.4 is 10.6 Å². The van der Waals surface area contributed by atoms with E-state index in [0.29, 0.717) is 10.7 Å². The normalized spacial score (nSPS) is 21.9. The van der Waals surface area contributed by atoms with Crippen molar-refractivity contribution < 1.29 is 0 Å². The average Bonchev–Trinajstić information content (AvgIpc) is 3.06. The molecule has 0 aromatic heterocycles. The lowest BCUT2D eigenvalue weighted by Crippen LogP contribution is -2.49. The van der Waals surface area contributed by atoms with Gasteiger partial charge in [-0.2, -0.15) is 5.26 Å². The molecule has 5 nitrogen and oxygen atoms in total. The lowest BCUT2D eigenvalue weighted by Gasteiger charge is -2.31. The number of guanidine groups is 1. The molecule has 2 aliphatic rings. The topological polar surface area (TPSA) is 63.5 Å². The quantitative estimate of drug-likeness (QED) is 0.750. The van der Waals surface area contributed by atoms with Crippen LogP contribution in [0.5, 0.6) is 0 Å². The first-order chi connectivity index (χ1) is 13.2. The molecule has 6 heteroatoms. The number of nitrogens with one attached hydrogen (secondary N) is 2. The minimum Gasteiger partial charge on any atom is -0.332 e. The van der Waals surface area contributed by atoms with Crippen molar-refractivity contribution in [1.82, 2.24) is 10.2 Å². The van der Waals surface area contributed by atoms with E-state index in [-0.39, 0.29) is 12.1 Å². The third-order valence-electron chi connectivity index (χ3n) is 5.15. The maximum absolute atomic E-state index is 9.12. The van der Waals surface area contributed by atoms with E-state index in [1.807, 2.05) is 18.2 Å². The van der Waals surface area contributed by atoms with Crippen LogP contribution in [0.15, 0.2) is 41.0 Å². The van der Waals surface area contributed by atoms with Crippen molar-refractivity contribution >= 4 is 29.0 Å². The Morgan fingerprint density at radius 2 is 2.19 bits per heavy atom. The molecule has 0 saturated carbocycles. The Hall–Kier alpha value is -2.39. The molecule has 2 atom stereocenters. The summed E-state index contributed by atoms with van der Waals surface area (Å²) in [7, 11) is 0. The van der Waals surface area contributed by atoms with Crippen molar-refractivity contribution in [3.05, 3.63) is 41.6 Å². The number of anilines is 1. The van der Waals surface area contributed by atoms with E-state index in [4.69, 9.17) is 22.5 Å². The third-order valence-corrected chi connectivity index (χ3v) is 5.45. The number of nitrogens with zero attached hydrogens (tertiary/aromatic N) is 3. The lowest BCUT2D eigenvalue weighted by atomic mass is 10.0. The molecule has 3 rings (SSSR count). The number of hydrogen-bond donors (Lipinski definition) is 2. The van der Waals surface area contributed by atoms with Gasteiger partial charge < -0.3 is 10.6 Å². The second-order valence-electron chi connectivity index (χ2n) is 7.00. The summed E-state index contributed by atoms with van der Waals surface area (Å²) in [6, 6.07) is 10.0. The number of rotatable bonds is 4. The highest BCUT2D eigenvalue weighted by Gasteiger charge is 2.36. The largest absolute Gasteiger partial charge is 0.332 e. The first-order valence-corrected chi connectivity index (χ1v) is 10.2.